The molecule has 1 amide bonds. The van der Waals surface area contributed by atoms with Crippen molar-refractivity contribution in [2.45, 2.75) is 26.3 Å². The van der Waals surface area contributed by atoms with Gasteiger partial charge in [-0.25, -0.2) is 9.37 Å². The average Bonchev–Trinajstić information content (AvgIpc) is 2.38. The van der Waals surface area contributed by atoms with Gasteiger partial charge < -0.3 is 11.1 Å². The minimum atomic E-state index is -0.636. The van der Waals surface area contributed by atoms with Crippen LogP contribution in [0.15, 0.2) is 24.4 Å². The summed E-state index contributed by atoms with van der Waals surface area (Å²) in [6.45, 7) is 5.88. The Bertz CT molecular complexity index is 664. The van der Waals surface area contributed by atoms with Gasteiger partial charge in [0.15, 0.2) is 0 Å². The van der Waals surface area contributed by atoms with Crippen LogP contribution in [0.2, 0.25) is 0 Å². The molecule has 0 fully saturated rings. The number of aromatic nitrogens is 3. The monoisotopic (exact) mass is 289 g/mol. The van der Waals surface area contributed by atoms with E-state index in [0.717, 1.165) is 0 Å². The molecule has 3 N–H and O–H groups in total. The van der Waals surface area contributed by atoms with Crippen LogP contribution in [-0.2, 0) is 0 Å². The Morgan fingerprint density at radius 1 is 1.29 bits per heavy atom. The van der Waals surface area contributed by atoms with Crippen molar-refractivity contribution < 1.29 is 9.18 Å². The number of carbonyl (C=O) groups is 1. The molecular formula is C14H16FN5O. The average molecular weight is 289 g/mol. The summed E-state index contributed by atoms with van der Waals surface area (Å²) in [6, 6.07) is 3.82. The van der Waals surface area contributed by atoms with E-state index >= 15 is 0 Å². The highest BCUT2D eigenvalue weighted by molar-refractivity contribution is 5.94. The van der Waals surface area contributed by atoms with Crippen LogP contribution in [0.4, 0.5) is 10.3 Å². The molecule has 1 aromatic carbocycles. The number of amides is 1. The maximum absolute atomic E-state index is 13.8. The Morgan fingerprint density at radius 3 is 2.52 bits per heavy atom. The summed E-state index contributed by atoms with van der Waals surface area (Å²) in [4.78, 5) is 15.2. The number of hydrogen-bond donors (Lipinski definition) is 2. The number of benzene rings is 1. The van der Waals surface area contributed by atoms with Gasteiger partial charge in [0.25, 0.3) is 0 Å². The van der Waals surface area contributed by atoms with Crippen molar-refractivity contribution in [2.75, 3.05) is 5.32 Å². The van der Waals surface area contributed by atoms with Gasteiger partial charge in [-0.1, -0.05) is 0 Å². The zero-order valence-electron chi connectivity index (χ0n) is 12.0. The Hall–Kier alpha value is -2.57. The van der Waals surface area contributed by atoms with Gasteiger partial charge in [0.05, 0.1) is 6.20 Å². The standard InChI is InChI=1S/C14H16FN5O/c1-14(2,3)18-13-17-7-11(19-20-13)9-6-8(12(16)21)4-5-10(9)15/h4-7H,1-3H3,(H2,16,21)(H,17,18,20). The number of nitrogens with zero attached hydrogens (tertiary/aromatic N) is 3. The van der Waals surface area contributed by atoms with Gasteiger partial charge in [-0.3, -0.25) is 4.79 Å². The van der Waals surface area contributed by atoms with E-state index in [1.165, 1.54) is 24.4 Å². The summed E-state index contributed by atoms with van der Waals surface area (Å²) in [6.07, 6.45) is 1.39. The van der Waals surface area contributed by atoms with Gasteiger partial charge in [0, 0.05) is 16.7 Å². The number of carbonyl (C=O) groups excluding carboxylic acids is 1. The predicted octanol–water partition coefficient (Wildman–Crippen LogP) is 1.99. The van der Waals surface area contributed by atoms with E-state index in [2.05, 4.69) is 20.5 Å². The fourth-order valence-corrected chi connectivity index (χ4v) is 1.67. The number of nitrogens with two attached hydrogens (primary N) is 1. The molecule has 0 bridgehead atoms. The van der Waals surface area contributed by atoms with Gasteiger partial charge in [0.1, 0.15) is 11.5 Å². The van der Waals surface area contributed by atoms with Crippen LogP contribution in [0.25, 0.3) is 11.3 Å². The zero-order chi connectivity index (χ0) is 15.6. The van der Waals surface area contributed by atoms with Gasteiger partial charge in [0.2, 0.25) is 11.9 Å². The minimum Gasteiger partial charge on any atom is -0.366 e. The molecule has 2 rings (SSSR count). The Labute approximate surface area is 121 Å². The van der Waals surface area contributed by atoms with Gasteiger partial charge >= 0.3 is 0 Å². The third-order valence-electron chi connectivity index (χ3n) is 2.58. The number of primary amides is 1. The third-order valence-corrected chi connectivity index (χ3v) is 2.58. The maximum Gasteiger partial charge on any atom is 0.248 e. The molecule has 110 valence electrons. The fraction of sp³-hybridized carbons (Fsp3) is 0.286. The highest BCUT2D eigenvalue weighted by atomic mass is 19.1. The Kier molecular flexibility index (Phi) is 3.84. The SMILES string of the molecule is CC(C)(C)Nc1ncc(-c2cc(C(N)=O)ccc2F)nn1. The zero-order valence-corrected chi connectivity index (χ0v) is 12.0. The summed E-state index contributed by atoms with van der Waals surface area (Å²) < 4.78 is 13.8. The fourth-order valence-electron chi connectivity index (χ4n) is 1.67. The topological polar surface area (TPSA) is 93.8 Å². The predicted molar refractivity (Wildman–Crippen MR) is 77.1 cm³/mol. The lowest BCUT2D eigenvalue weighted by Crippen LogP contribution is -2.27. The van der Waals surface area contributed by atoms with Gasteiger partial charge in [-0.05, 0) is 39.0 Å². The van der Waals surface area contributed by atoms with Crippen molar-refractivity contribution in [2.24, 2.45) is 5.73 Å². The molecule has 0 aliphatic rings. The lowest BCUT2D eigenvalue weighted by molar-refractivity contribution is 0.100. The molecule has 0 aliphatic heterocycles. The van der Waals surface area contributed by atoms with E-state index in [1.807, 2.05) is 20.8 Å². The van der Waals surface area contributed by atoms with Crippen molar-refractivity contribution >= 4 is 11.9 Å². The molecule has 7 heteroatoms. The normalized spacial score (nSPS) is 11.2. The van der Waals surface area contributed by atoms with Crippen LogP contribution in [0.5, 0.6) is 0 Å². The van der Waals surface area contributed by atoms with Crippen LogP contribution in [0.1, 0.15) is 31.1 Å². The van der Waals surface area contributed by atoms with Crippen molar-refractivity contribution in [3.63, 3.8) is 0 Å². The highest BCUT2D eigenvalue weighted by Gasteiger charge is 2.14. The van der Waals surface area contributed by atoms with E-state index in [9.17, 15) is 9.18 Å². The quantitative estimate of drug-likeness (QED) is 0.901. The van der Waals surface area contributed by atoms with E-state index < -0.39 is 11.7 Å². The van der Waals surface area contributed by atoms with E-state index in [0.29, 0.717) is 5.95 Å². The number of hydrogen-bond acceptors (Lipinski definition) is 5. The van der Waals surface area contributed by atoms with Crippen LogP contribution in [-0.4, -0.2) is 26.6 Å². The Morgan fingerprint density at radius 2 is 2.00 bits per heavy atom. The van der Waals surface area contributed by atoms with Crippen LogP contribution in [0, 0.1) is 5.82 Å². The van der Waals surface area contributed by atoms with Crippen LogP contribution < -0.4 is 11.1 Å². The summed E-state index contributed by atoms with van der Waals surface area (Å²) in [5.41, 5.74) is 5.54. The second-order valence-electron chi connectivity index (χ2n) is 5.60. The molecule has 2 aromatic rings. The van der Waals surface area contributed by atoms with E-state index in [4.69, 9.17) is 5.73 Å². The molecular weight excluding hydrogens is 273 g/mol. The lowest BCUT2D eigenvalue weighted by Gasteiger charge is -2.19. The summed E-state index contributed by atoms with van der Waals surface area (Å²) >= 11 is 0. The molecule has 21 heavy (non-hydrogen) atoms. The number of anilines is 1. The Balaban J connectivity index is 2.34. The van der Waals surface area contributed by atoms with Crippen LogP contribution in [0.3, 0.4) is 0 Å². The minimum absolute atomic E-state index is 0.133. The van der Waals surface area contributed by atoms with Gasteiger partial charge in [-0.2, -0.15) is 0 Å². The van der Waals surface area contributed by atoms with Crippen LogP contribution >= 0.6 is 0 Å². The second kappa shape index (κ2) is 5.43. The molecule has 0 saturated heterocycles. The second-order valence-corrected chi connectivity index (χ2v) is 5.60. The molecule has 0 aliphatic carbocycles. The van der Waals surface area contributed by atoms with Crippen molar-refractivity contribution in [1.82, 2.24) is 15.2 Å². The number of rotatable bonds is 3. The molecule has 1 aromatic heterocycles. The van der Waals surface area contributed by atoms with Gasteiger partial charge in [-0.15, -0.1) is 10.2 Å². The molecule has 1 heterocycles. The molecule has 0 unspecified atom stereocenters. The smallest absolute Gasteiger partial charge is 0.248 e. The third kappa shape index (κ3) is 3.71. The first-order valence-corrected chi connectivity index (χ1v) is 6.34. The highest BCUT2D eigenvalue weighted by Crippen LogP contribution is 2.21. The summed E-state index contributed by atoms with van der Waals surface area (Å²) in [7, 11) is 0. The lowest BCUT2D eigenvalue weighted by atomic mass is 10.1. The molecule has 6 nitrogen and oxygen atoms in total. The first-order chi connectivity index (χ1) is 9.76. The molecule has 0 radical (unpaired) electrons. The van der Waals surface area contributed by atoms with Crippen molar-refractivity contribution in [3.8, 4) is 11.3 Å². The molecule has 0 saturated carbocycles. The van der Waals surface area contributed by atoms with E-state index in [1.54, 1.807) is 0 Å². The first kappa shape index (κ1) is 14.8. The number of nitrogens with one attached hydrogen (secondary N) is 1. The van der Waals surface area contributed by atoms with Crippen molar-refractivity contribution in [3.05, 3.63) is 35.8 Å². The number of halogens is 1. The molecule has 0 atom stereocenters. The maximum atomic E-state index is 13.8. The summed E-state index contributed by atoms with van der Waals surface area (Å²) in [5.74, 6) is -0.812. The first-order valence-electron chi connectivity index (χ1n) is 6.34. The summed E-state index contributed by atoms with van der Waals surface area (Å²) in [5, 5.41) is 10.9. The van der Waals surface area contributed by atoms with Crippen molar-refractivity contribution in [1.29, 1.82) is 0 Å². The largest absolute Gasteiger partial charge is 0.366 e. The molecule has 0 spiro atoms. The van der Waals surface area contributed by atoms with E-state index in [-0.39, 0.29) is 22.4 Å².